The van der Waals surface area contributed by atoms with E-state index in [4.69, 9.17) is 20.9 Å². The van der Waals surface area contributed by atoms with Gasteiger partial charge in [-0.25, -0.2) is 4.98 Å². The van der Waals surface area contributed by atoms with Crippen LogP contribution in [0.15, 0.2) is 64.2 Å². The first-order chi connectivity index (χ1) is 14.0. The van der Waals surface area contributed by atoms with Gasteiger partial charge in [0.05, 0.1) is 7.11 Å². The molecule has 4 rings (SSSR count). The summed E-state index contributed by atoms with van der Waals surface area (Å²) < 4.78 is 11.5. The molecule has 8 nitrogen and oxygen atoms in total. The molecule has 1 N–H and O–H groups in total. The number of hydrogen-bond acceptors (Lipinski definition) is 6. The summed E-state index contributed by atoms with van der Waals surface area (Å²) in [5.41, 5.74) is 1.27. The fourth-order valence-corrected chi connectivity index (χ4v) is 2.95. The van der Waals surface area contributed by atoms with E-state index in [9.17, 15) is 9.59 Å². The van der Waals surface area contributed by atoms with Crippen LogP contribution in [0.3, 0.4) is 0 Å². The molecule has 146 valence electrons. The van der Waals surface area contributed by atoms with E-state index in [-0.39, 0.29) is 23.6 Å². The van der Waals surface area contributed by atoms with Gasteiger partial charge in [-0.3, -0.25) is 14.2 Å². The largest absolute Gasteiger partial charge is 0.497 e. The topological polar surface area (TPSA) is 99.2 Å². The van der Waals surface area contributed by atoms with Crippen LogP contribution in [0.1, 0.15) is 0 Å². The van der Waals surface area contributed by atoms with Crippen LogP contribution in [0.25, 0.3) is 22.4 Å². The monoisotopic (exact) mass is 410 g/mol. The molecule has 0 unspecified atom stereocenters. The van der Waals surface area contributed by atoms with Crippen LogP contribution in [-0.2, 0) is 11.3 Å². The summed E-state index contributed by atoms with van der Waals surface area (Å²) in [7, 11) is 1.56. The SMILES string of the molecule is COc1ccc(NC(=O)Cn2cnc3onc(-c4ccc(Cl)cc4)c3c2=O)cc1. The van der Waals surface area contributed by atoms with Crippen molar-refractivity contribution in [3.63, 3.8) is 0 Å². The second-order valence-electron chi connectivity index (χ2n) is 6.17. The van der Waals surface area contributed by atoms with Crippen LogP contribution in [0, 0.1) is 0 Å². The van der Waals surface area contributed by atoms with E-state index >= 15 is 0 Å². The number of hydrogen-bond donors (Lipinski definition) is 1. The summed E-state index contributed by atoms with van der Waals surface area (Å²) in [4.78, 5) is 29.4. The van der Waals surface area contributed by atoms with Gasteiger partial charge in [-0.15, -0.1) is 0 Å². The Morgan fingerprint density at radius 2 is 1.90 bits per heavy atom. The number of fused-ring (bicyclic) bond motifs is 1. The molecule has 0 bridgehead atoms. The zero-order valence-electron chi connectivity index (χ0n) is 15.3. The zero-order chi connectivity index (χ0) is 20.4. The molecular weight excluding hydrogens is 396 g/mol. The first kappa shape index (κ1) is 18.7. The molecule has 1 amide bonds. The third kappa shape index (κ3) is 3.83. The minimum Gasteiger partial charge on any atom is -0.497 e. The number of carbonyl (C=O) groups excluding carboxylic acids is 1. The maximum absolute atomic E-state index is 12.9. The number of aromatic nitrogens is 3. The lowest BCUT2D eigenvalue weighted by atomic mass is 10.1. The summed E-state index contributed by atoms with van der Waals surface area (Å²) in [5, 5.41) is 7.44. The predicted octanol–water partition coefficient (Wildman–Crippen LogP) is 3.35. The Morgan fingerprint density at radius 1 is 1.17 bits per heavy atom. The van der Waals surface area contributed by atoms with Gasteiger partial charge >= 0.3 is 0 Å². The minimum absolute atomic E-state index is 0.103. The molecule has 2 heterocycles. The summed E-state index contributed by atoms with van der Waals surface area (Å²) >= 11 is 5.92. The number of methoxy groups -OCH3 is 1. The molecule has 2 aromatic carbocycles. The molecule has 0 saturated heterocycles. The van der Waals surface area contributed by atoms with Gasteiger partial charge in [0.15, 0.2) is 0 Å². The van der Waals surface area contributed by atoms with Crippen molar-refractivity contribution in [3.8, 4) is 17.0 Å². The van der Waals surface area contributed by atoms with Crippen molar-refractivity contribution in [3.05, 3.63) is 70.2 Å². The Kier molecular flexibility index (Phi) is 5.01. The Morgan fingerprint density at radius 3 is 2.59 bits per heavy atom. The number of halogens is 1. The second-order valence-corrected chi connectivity index (χ2v) is 6.61. The van der Waals surface area contributed by atoms with Gasteiger partial charge in [0.25, 0.3) is 11.3 Å². The third-order valence-electron chi connectivity index (χ3n) is 4.27. The smallest absolute Gasteiger partial charge is 0.267 e. The van der Waals surface area contributed by atoms with Crippen LogP contribution in [0.4, 0.5) is 5.69 Å². The van der Waals surface area contributed by atoms with Gasteiger partial charge < -0.3 is 14.6 Å². The molecular formula is C20H15ClN4O4. The van der Waals surface area contributed by atoms with E-state index in [0.717, 1.165) is 0 Å². The Balaban J connectivity index is 1.61. The Hall–Kier alpha value is -3.65. The molecule has 0 aliphatic rings. The second kappa shape index (κ2) is 7.76. The number of anilines is 1. The molecule has 0 aliphatic heterocycles. The van der Waals surface area contributed by atoms with Crippen molar-refractivity contribution in [2.45, 2.75) is 6.54 Å². The van der Waals surface area contributed by atoms with Crippen molar-refractivity contribution in [2.24, 2.45) is 0 Å². The van der Waals surface area contributed by atoms with E-state index in [2.05, 4.69) is 15.5 Å². The van der Waals surface area contributed by atoms with E-state index in [0.29, 0.717) is 27.7 Å². The van der Waals surface area contributed by atoms with Gasteiger partial charge in [-0.1, -0.05) is 28.9 Å². The lowest BCUT2D eigenvalue weighted by molar-refractivity contribution is -0.116. The minimum atomic E-state index is -0.425. The highest BCUT2D eigenvalue weighted by Crippen LogP contribution is 2.25. The van der Waals surface area contributed by atoms with Crippen LogP contribution in [0.5, 0.6) is 5.75 Å². The molecule has 0 atom stereocenters. The molecule has 29 heavy (non-hydrogen) atoms. The maximum Gasteiger partial charge on any atom is 0.267 e. The molecule has 0 fully saturated rings. The average Bonchev–Trinajstić information content (AvgIpc) is 3.16. The van der Waals surface area contributed by atoms with Crippen LogP contribution >= 0.6 is 11.6 Å². The van der Waals surface area contributed by atoms with Crippen molar-refractivity contribution in [2.75, 3.05) is 12.4 Å². The molecule has 0 aliphatic carbocycles. The van der Waals surface area contributed by atoms with Crippen molar-refractivity contribution in [1.82, 2.24) is 14.7 Å². The van der Waals surface area contributed by atoms with E-state index in [1.54, 1.807) is 55.6 Å². The van der Waals surface area contributed by atoms with Crippen LogP contribution in [-0.4, -0.2) is 27.7 Å². The van der Waals surface area contributed by atoms with Gasteiger partial charge in [-0.05, 0) is 36.4 Å². The van der Waals surface area contributed by atoms with Crippen molar-refractivity contribution < 1.29 is 14.1 Å². The molecule has 0 radical (unpaired) electrons. The maximum atomic E-state index is 12.9. The number of benzene rings is 2. The van der Waals surface area contributed by atoms with E-state index in [1.165, 1.54) is 10.9 Å². The summed E-state index contributed by atoms with van der Waals surface area (Å²) in [5.74, 6) is 0.305. The predicted molar refractivity (Wildman–Crippen MR) is 108 cm³/mol. The summed E-state index contributed by atoms with van der Waals surface area (Å²) in [6, 6.07) is 13.7. The molecule has 2 aromatic heterocycles. The fraction of sp³-hybridized carbons (Fsp3) is 0.100. The van der Waals surface area contributed by atoms with Crippen LogP contribution < -0.4 is 15.6 Å². The highest BCUT2D eigenvalue weighted by atomic mass is 35.5. The molecule has 9 heteroatoms. The third-order valence-corrected chi connectivity index (χ3v) is 4.52. The molecule has 0 saturated carbocycles. The molecule has 4 aromatic rings. The van der Waals surface area contributed by atoms with Crippen molar-refractivity contribution >= 4 is 34.3 Å². The lowest BCUT2D eigenvalue weighted by Crippen LogP contribution is -2.27. The Bertz CT molecular complexity index is 1230. The van der Waals surface area contributed by atoms with E-state index in [1.807, 2.05) is 0 Å². The summed E-state index contributed by atoms with van der Waals surface area (Å²) in [6.07, 6.45) is 1.26. The number of nitrogens with zero attached hydrogens (tertiary/aromatic N) is 3. The van der Waals surface area contributed by atoms with E-state index < -0.39 is 5.56 Å². The average molecular weight is 411 g/mol. The number of rotatable bonds is 5. The van der Waals surface area contributed by atoms with Gasteiger partial charge in [0.1, 0.15) is 29.7 Å². The van der Waals surface area contributed by atoms with Crippen molar-refractivity contribution in [1.29, 1.82) is 0 Å². The number of nitrogens with one attached hydrogen (secondary N) is 1. The first-order valence-electron chi connectivity index (χ1n) is 8.60. The van der Waals surface area contributed by atoms with Crippen LogP contribution in [0.2, 0.25) is 5.02 Å². The number of amides is 1. The normalized spacial score (nSPS) is 10.8. The zero-order valence-corrected chi connectivity index (χ0v) is 16.0. The lowest BCUT2D eigenvalue weighted by Gasteiger charge is -2.08. The number of ether oxygens (including phenoxy) is 1. The Labute approximate surface area is 169 Å². The first-order valence-corrected chi connectivity index (χ1v) is 8.97. The number of carbonyl (C=O) groups is 1. The quantitative estimate of drug-likeness (QED) is 0.541. The highest BCUT2D eigenvalue weighted by molar-refractivity contribution is 6.30. The van der Waals surface area contributed by atoms with Gasteiger partial charge in [-0.2, -0.15) is 0 Å². The standard InChI is InChI=1S/C20H15ClN4O4/c1-28-15-8-6-14(7-9-15)23-16(26)10-25-11-22-19-17(20(25)27)18(24-29-19)12-2-4-13(21)5-3-12/h2-9,11H,10H2,1H3,(H,23,26). The summed E-state index contributed by atoms with van der Waals surface area (Å²) in [6.45, 7) is -0.209. The van der Waals surface area contributed by atoms with Gasteiger partial charge in [0, 0.05) is 16.3 Å². The van der Waals surface area contributed by atoms with Gasteiger partial charge in [0.2, 0.25) is 5.91 Å². The highest BCUT2D eigenvalue weighted by Gasteiger charge is 2.18. The fourth-order valence-electron chi connectivity index (χ4n) is 2.83. The molecule has 0 spiro atoms.